The maximum absolute atomic E-state index is 11.8. The lowest BCUT2D eigenvalue weighted by atomic mass is 10.1. The molecule has 1 aliphatic rings. The molecule has 2 unspecified atom stereocenters. The Labute approximate surface area is 131 Å². The first-order chi connectivity index (χ1) is 10.5. The molecule has 23 heavy (non-hydrogen) atoms. The van der Waals surface area contributed by atoms with Gasteiger partial charge in [0, 0.05) is 0 Å². The molecule has 0 aliphatic carbocycles. The van der Waals surface area contributed by atoms with Crippen molar-refractivity contribution in [3.8, 4) is 0 Å². The summed E-state index contributed by atoms with van der Waals surface area (Å²) >= 11 is 0. The number of hydrogen-bond donors (Lipinski definition) is 3. The van der Waals surface area contributed by atoms with Crippen LogP contribution in [0.2, 0.25) is 0 Å². The summed E-state index contributed by atoms with van der Waals surface area (Å²) in [6.07, 6.45) is -0.186. The Balaban J connectivity index is 2.16. The highest BCUT2D eigenvalue weighted by atomic mass is 32.2. The molecule has 2 amide bonds. The van der Waals surface area contributed by atoms with E-state index < -0.39 is 48.0 Å². The highest BCUT2D eigenvalue weighted by molar-refractivity contribution is 7.89. The van der Waals surface area contributed by atoms with Crippen LogP contribution in [0.3, 0.4) is 0 Å². The van der Waals surface area contributed by atoms with Crippen LogP contribution >= 0.6 is 0 Å². The summed E-state index contributed by atoms with van der Waals surface area (Å²) in [6.45, 7) is 0. The van der Waals surface area contributed by atoms with Crippen molar-refractivity contribution in [2.24, 2.45) is 0 Å². The molecule has 126 valence electrons. The maximum Gasteiger partial charge on any atom is 0.363 e. The van der Waals surface area contributed by atoms with Crippen LogP contribution in [0.4, 0.5) is 0 Å². The number of benzene rings is 1. The number of rotatable bonds is 5. The number of hydrogen-bond acceptors (Lipinski definition) is 6. The predicted octanol–water partition coefficient (Wildman–Crippen LogP) is -1.43. The van der Waals surface area contributed by atoms with Crippen LogP contribution in [0.25, 0.3) is 0 Å². The summed E-state index contributed by atoms with van der Waals surface area (Å²) in [5.74, 6) is -2.12. The van der Waals surface area contributed by atoms with Crippen LogP contribution in [-0.2, 0) is 36.4 Å². The molecule has 0 aromatic heterocycles. The van der Waals surface area contributed by atoms with Crippen molar-refractivity contribution in [2.75, 3.05) is 0 Å². The van der Waals surface area contributed by atoms with Gasteiger partial charge < -0.3 is 5.32 Å². The van der Waals surface area contributed by atoms with E-state index >= 15 is 0 Å². The largest absolute Gasteiger partial charge is 0.363 e. The second-order valence-electron chi connectivity index (χ2n) is 4.72. The molecular formula is C11H12N2O8S2. The van der Waals surface area contributed by atoms with Gasteiger partial charge in [0.05, 0.1) is 6.42 Å². The van der Waals surface area contributed by atoms with Gasteiger partial charge in [0.1, 0.15) is 6.04 Å². The minimum Gasteiger partial charge on any atom is -0.341 e. The van der Waals surface area contributed by atoms with Gasteiger partial charge in [0.15, 0.2) is 0 Å². The molecule has 0 bridgehead atoms. The van der Waals surface area contributed by atoms with E-state index in [0.29, 0.717) is 5.56 Å². The van der Waals surface area contributed by atoms with Crippen LogP contribution in [0.1, 0.15) is 5.56 Å². The molecule has 2 atom stereocenters. The van der Waals surface area contributed by atoms with E-state index in [9.17, 15) is 26.4 Å². The zero-order chi connectivity index (χ0) is 17.4. The van der Waals surface area contributed by atoms with Gasteiger partial charge in [-0.05, 0) is 5.56 Å². The van der Waals surface area contributed by atoms with Gasteiger partial charge in [0.25, 0.3) is 16.0 Å². The molecule has 1 aromatic carbocycles. The smallest absolute Gasteiger partial charge is 0.341 e. The first-order valence-corrected chi connectivity index (χ1v) is 9.02. The van der Waals surface area contributed by atoms with Crippen molar-refractivity contribution in [1.29, 1.82) is 0 Å². The maximum atomic E-state index is 11.8. The second kappa shape index (κ2) is 5.88. The van der Waals surface area contributed by atoms with Crippen LogP contribution in [0.15, 0.2) is 30.3 Å². The van der Waals surface area contributed by atoms with Crippen LogP contribution in [0.5, 0.6) is 0 Å². The Morgan fingerprint density at radius 1 is 1.13 bits per heavy atom. The number of β-lactam (4-membered cyclic amide) rings is 1. The van der Waals surface area contributed by atoms with Crippen molar-refractivity contribution in [3.63, 3.8) is 0 Å². The van der Waals surface area contributed by atoms with Crippen LogP contribution in [-0.4, -0.2) is 53.5 Å². The zero-order valence-electron chi connectivity index (χ0n) is 11.4. The van der Waals surface area contributed by atoms with Gasteiger partial charge in [-0.25, -0.2) is 0 Å². The Morgan fingerprint density at radius 3 is 2.17 bits per heavy atom. The lowest BCUT2D eigenvalue weighted by molar-refractivity contribution is -0.142. The molecule has 3 N–H and O–H groups in total. The Bertz CT molecular complexity index is 834. The summed E-state index contributed by atoms with van der Waals surface area (Å²) in [4.78, 5) is 23.5. The normalized spacial score (nSPS) is 21.7. The third-order valence-corrected chi connectivity index (χ3v) is 5.21. The second-order valence-corrected chi connectivity index (χ2v) is 7.53. The van der Waals surface area contributed by atoms with Gasteiger partial charge in [-0.3, -0.25) is 18.7 Å². The number of carbonyl (C=O) groups is 2. The van der Waals surface area contributed by atoms with Gasteiger partial charge in [0.2, 0.25) is 11.3 Å². The molecule has 1 aromatic rings. The zero-order valence-corrected chi connectivity index (χ0v) is 13.0. The van der Waals surface area contributed by atoms with Gasteiger partial charge >= 0.3 is 10.3 Å². The molecule has 0 spiro atoms. The lowest BCUT2D eigenvalue weighted by Gasteiger charge is -2.41. The van der Waals surface area contributed by atoms with Crippen molar-refractivity contribution in [2.45, 2.75) is 17.8 Å². The fourth-order valence-electron chi connectivity index (χ4n) is 2.11. The third kappa shape index (κ3) is 3.67. The molecule has 10 nitrogen and oxygen atoms in total. The highest BCUT2D eigenvalue weighted by Crippen LogP contribution is 2.27. The molecule has 12 heteroatoms. The lowest BCUT2D eigenvalue weighted by Crippen LogP contribution is -2.74. The quantitative estimate of drug-likeness (QED) is 0.424. The van der Waals surface area contributed by atoms with Crippen molar-refractivity contribution >= 4 is 32.2 Å². The average Bonchev–Trinajstić information content (AvgIpc) is 2.40. The van der Waals surface area contributed by atoms with E-state index in [2.05, 4.69) is 0 Å². The topological polar surface area (TPSA) is 158 Å². The molecule has 0 saturated carbocycles. The van der Waals surface area contributed by atoms with E-state index in [1.165, 1.54) is 0 Å². The monoisotopic (exact) mass is 364 g/mol. The van der Waals surface area contributed by atoms with Gasteiger partial charge in [-0.1, -0.05) is 30.3 Å². The van der Waals surface area contributed by atoms with E-state index in [1.54, 1.807) is 30.3 Å². The molecule has 1 heterocycles. The number of nitrogens with zero attached hydrogens (tertiary/aromatic N) is 1. The van der Waals surface area contributed by atoms with Crippen LogP contribution < -0.4 is 5.32 Å². The van der Waals surface area contributed by atoms with E-state index in [0.717, 1.165) is 0 Å². The first-order valence-electron chi connectivity index (χ1n) is 6.12. The minimum absolute atomic E-state index is 0.186. The predicted molar refractivity (Wildman–Crippen MR) is 75.8 cm³/mol. The molecular weight excluding hydrogens is 352 g/mol. The fourth-order valence-corrected chi connectivity index (χ4v) is 4.37. The standard InChI is InChI=1S/C11H12N2O8S2/c14-8(6-7-4-2-1-3-5-7)12-9-10(15)13(23(19,20)21)11(9)22(16,17)18/h1-5,9,11H,6H2,(H,12,14)(H,16,17,18)(H,19,20,21). The van der Waals surface area contributed by atoms with Crippen molar-refractivity contribution in [3.05, 3.63) is 35.9 Å². The third-order valence-electron chi connectivity index (χ3n) is 3.08. The summed E-state index contributed by atoms with van der Waals surface area (Å²) in [5.41, 5.74) is 0.576. The Morgan fingerprint density at radius 2 is 1.70 bits per heavy atom. The molecule has 1 fully saturated rings. The van der Waals surface area contributed by atoms with E-state index in [4.69, 9.17) is 9.11 Å². The first kappa shape index (κ1) is 17.3. The van der Waals surface area contributed by atoms with Gasteiger partial charge in [-0.15, -0.1) is 0 Å². The highest BCUT2D eigenvalue weighted by Gasteiger charge is 2.60. The fraction of sp³-hybridized carbons (Fsp3) is 0.273. The molecule has 2 rings (SSSR count). The van der Waals surface area contributed by atoms with E-state index in [1.807, 2.05) is 5.32 Å². The SMILES string of the molecule is O=C(Cc1ccccc1)NC1C(=O)N(S(=O)(=O)O)C1S(=O)(=O)O. The molecule has 1 saturated heterocycles. The van der Waals surface area contributed by atoms with E-state index in [-0.39, 0.29) is 6.42 Å². The summed E-state index contributed by atoms with van der Waals surface area (Å²) in [7, 11) is -10.2. The minimum atomic E-state index is -5.18. The number of carbonyl (C=O) groups excluding carboxylic acids is 2. The van der Waals surface area contributed by atoms with Gasteiger partial charge in [-0.2, -0.15) is 21.1 Å². The van der Waals surface area contributed by atoms with Crippen molar-refractivity contribution in [1.82, 2.24) is 9.62 Å². The Hall–Kier alpha value is -2.02. The summed E-state index contributed by atoms with van der Waals surface area (Å²) < 4.78 is 61.8. The molecule has 0 radical (unpaired) electrons. The summed E-state index contributed by atoms with van der Waals surface area (Å²) in [5, 5.41) is -0.273. The molecule has 1 aliphatic heterocycles. The average molecular weight is 364 g/mol. The number of nitrogens with one attached hydrogen (secondary N) is 1. The van der Waals surface area contributed by atoms with Crippen LogP contribution in [0, 0.1) is 0 Å². The van der Waals surface area contributed by atoms with Crippen molar-refractivity contribution < 1.29 is 35.5 Å². The summed E-state index contributed by atoms with van der Waals surface area (Å²) in [6, 6.07) is 6.48. The Kier molecular flexibility index (Phi) is 4.43. The number of amides is 2.